The Balaban J connectivity index is 1.66. The Hall–Kier alpha value is -1.91. The van der Waals surface area contributed by atoms with Crippen LogP contribution >= 0.6 is 0 Å². The van der Waals surface area contributed by atoms with Gasteiger partial charge in [-0.3, -0.25) is 0 Å². The Bertz CT molecular complexity index is 522. The lowest BCUT2D eigenvalue weighted by molar-refractivity contribution is 0.0526. The maximum Gasteiger partial charge on any atom is 0.407 e. The van der Waals surface area contributed by atoms with Crippen molar-refractivity contribution < 1.29 is 14.3 Å². The number of hydrogen-bond acceptors (Lipinski definition) is 4. The van der Waals surface area contributed by atoms with Gasteiger partial charge in [0.2, 0.25) is 0 Å². The summed E-state index contributed by atoms with van der Waals surface area (Å²) in [6.07, 6.45) is 3.00. The topological polar surface area (TPSA) is 50.8 Å². The van der Waals surface area contributed by atoms with Crippen LogP contribution in [0.3, 0.4) is 0 Å². The minimum absolute atomic E-state index is 0.325. The monoisotopic (exact) mass is 334 g/mol. The van der Waals surface area contributed by atoms with E-state index in [2.05, 4.69) is 22.3 Å². The van der Waals surface area contributed by atoms with Gasteiger partial charge in [-0.05, 0) is 70.2 Å². The van der Waals surface area contributed by atoms with E-state index >= 15 is 0 Å². The van der Waals surface area contributed by atoms with Crippen molar-refractivity contribution in [2.45, 2.75) is 45.6 Å². The van der Waals surface area contributed by atoms with E-state index in [4.69, 9.17) is 9.47 Å². The minimum Gasteiger partial charge on any atom is -0.497 e. The first kappa shape index (κ1) is 18.4. The second-order valence-electron chi connectivity index (χ2n) is 7.37. The molecule has 0 radical (unpaired) electrons. The molecule has 24 heavy (non-hydrogen) atoms. The minimum atomic E-state index is -0.436. The molecule has 1 amide bonds. The Kier molecular flexibility index (Phi) is 6.35. The Labute approximate surface area is 145 Å². The maximum absolute atomic E-state index is 11.6. The smallest absolute Gasteiger partial charge is 0.407 e. The van der Waals surface area contributed by atoms with Gasteiger partial charge in [0.15, 0.2) is 0 Å². The normalized spacial score (nSPS) is 17.7. The fourth-order valence-corrected chi connectivity index (χ4v) is 2.99. The SMILES string of the molecule is COc1ccc(N2CCC(CCCNC(=O)OC(C)(C)C)C2)cc1. The molecule has 1 saturated heterocycles. The van der Waals surface area contributed by atoms with Crippen molar-refractivity contribution in [1.29, 1.82) is 0 Å². The number of anilines is 1. The number of carbonyl (C=O) groups is 1. The number of benzene rings is 1. The molecular formula is C19H30N2O3. The van der Waals surface area contributed by atoms with Gasteiger partial charge >= 0.3 is 6.09 Å². The highest BCUT2D eigenvalue weighted by molar-refractivity contribution is 5.67. The van der Waals surface area contributed by atoms with Gasteiger partial charge in [-0.25, -0.2) is 4.79 Å². The molecule has 1 heterocycles. The average Bonchev–Trinajstić information content (AvgIpc) is 2.99. The van der Waals surface area contributed by atoms with Gasteiger partial charge in [-0.15, -0.1) is 0 Å². The summed E-state index contributed by atoms with van der Waals surface area (Å²) in [7, 11) is 1.69. The molecule has 1 aliphatic heterocycles. The van der Waals surface area contributed by atoms with E-state index in [9.17, 15) is 4.79 Å². The van der Waals surface area contributed by atoms with Gasteiger partial charge in [-0.2, -0.15) is 0 Å². The summed E-state index contributed by atoms with van der Waals surface area (Å²) in [5.41, 5.74) is 0.819. The van der Waals surface area contributed by atoms with Crippen LogP contribution in [-0.2, 0) is 4.74 Å². The predicted molar refractivity (Wildman–Crippen MR) is 96.8 cm³/mol. The van der Waals surface area contributed by atoms with Gasteiger partial charge in [0.1, 0.15) is 11.4 Å². The highest BCUT2D eigenvalue weighted by atomic mass is 16.6. The molecule has 1 fully saturated rings. The van der Waals surface area contributed by atoms with Crippen molar-refractivity contribution in [2.24, 2.45) is 5.92 Å². The van der Waals surface area contributed by atoms with Crippen molar-refractivity contribution in [1.82, 2.24) is 5.32 Å². The first-order valence-corrected chi connectivity index (χ1v) is 8.73. The summed E-state index contributed by atoms with van der Waals surface area (Å²) in [4.78, 5) is 14.0. The molecule has 0 bridgehead atoms. The largest absolute Gasteiger partial charge is 0.497 e. The summed E-state index contributed by atoms with van der Waals surface area (Å²) in [5.74, 6) is 1.58. The van der Waals surface area contributed by atoms with Crippen molar-refractivity contribution in [3.05, 3.63) is 24.3 Å². The van der Waals surface area contributed by atoms with Crippen molar-refractivity contribution in [2.75, 3.05) is 31.6 Å². The van der Waals surface area contributed by atoms with E-state index in [0.717, 1.165) is 31.7 Å². The molecule has 134 valence electrons. The summed E-state index contributed by atoms with van der Waals surface area (Å²) >= 11 is 0. The van der Waals surface area contributed by atoms with Crippen molar-refractivity contribution in [3.8, 4) is 5.75 Å². The lowest BCUT2D eigenvalue weighted by Crippen LogP contribution is -2.33. The van der Waals surface area contributed by atoms with E-state index < -0.39 is 5.60 Å². The highest BCUT2D eigenvalue weighted by Gasteiger charge is 2.22. The number of ether oxygens (including phenoxy) is 2. The quantitative estimate of drug-likeness (QED) is 0.803. The molecule has 1 atom stereocenters. The summed E-state index contributed by atoms with van der Waals surface area (Å²) in [5, 5.41) is 2.83. The first-order chi connectivity index (χ1) is 11.4. The van der Waals surface area contributed by atoms with Crippen LogP contribution in [0.4, 0.5) is 10.5 Å². The van der Waals surface area contributed by atoms with Crippen LogP contribution in [0.5, 0.6) is 5.75 Å². The van der Waals surface area contributed by atoms with Crippen molar-refractivity contribution >= 4 is 11.8 Å². The second-order valence-corrected chi connectivity index (χ2v) is 7.37. The van der Waals surface area contributed by atoms with Crippen LogP contribution in [0.15, 0.2) is 24.3 Å². The van der Waals surface area contributed by atoms with E-state index in [1.807, 2.05) is 32.9 Å². The number of alkyl carbamates (subject to hydrolysis) is 1. The van der Waals surface area contributed by atoms with Gasteiger partial charge < -0.3 is 19.7 Å². The third-order valence-corrected chi connectivity index (χ3v) is 4.18. The predicted octanol–water partition coefficient (Wildman–Crippen LogP) is 3.83. The van der Waals surface area contributed by atoms with Gasteiger partial charge in [0.25, 0.3) is 0 Å². The summed E-state index contributed by atoms with van der Waals surface area (Å²) in [6, 6.07) is 8.25. The van der Waals surface area contributed by atoms with Crippen molar-refractivity contribution in [3.63, 3.8) is 0 Å². The van der Waals surface area contributed by atoms with Gasteiger partial charge in [0, 0.05) is 25.3 Å². The first-order valence-electron chi connectivity index (χ1n) is 8.73. The van der Waals surface area contributed by atoms with Gasteiger partial charge in [0.05, 0.1) is 7.11 Å². The zero-order valence-electron chi connectivity index (χ0n) is 15.3. The number of nitrogens with one attached hydrogen (secondary N) is 1. The molecule has 0 spiro atoms. The molecule has 0 aromatic heterocycles. The number of amides is 1. The molecule has 1 unspecified atom stereocenters. The number of nitrogens with zero attached hydrogens (tertiary/aromatic N) is 1. The number of rotatable bonds is 6. The van der Waals surface area contributed by atoms with E-state index in [1.165, 1.54) is 12.1 Å². The van der Waals surface area contributed by atoms with Crippen LogP contribution in [0.1, 0.15) is 40.0 Å². The lowest BCUT2D eigenvalue weighted by Gasteiger charge is -2.20. The Morgan fingerprint density at radius 1 is 1.29 bits per heavy atom. The number of hydrogen-bond donors (Lipinski definition) is 1. The number of carbonyl (C=O) groups excluding carboxylic acids is 1. The Morgan fingerprint density at radius 2 is 2.00 bits per heavy atom. The highest BCUT2D eigenvalue weighted by Crippen LogP contribution is 2.27. The van der Waals surface area contributed by atoms with E-state index in [-0.39, 0.29) is 6.09 Å². The standard InChI is InChI=1S/C19H30N2O3/c1-19(2,3)24-18(22)20-12-5-6-15-11-13-21(14-15)16-7-9-17(23-4)10-8-16/h7-10,15H,5-6,11-14H2,1-4H3,(H,20,22). The van der Waals surface area contributed by atoms with Crippen LogP contribution in [0, 0.1) is 5.92 Å². The number of methoxy groups -OCH3 is 1. The Morgan fingerprint density at radius 3 is 2.62 bits per heavy atom. The molecule has 1 aliphatic rings. The summed E-state index contributed by atoms with van der Waals surface area (Å²) < 4.78 is 10.4. The van der Waals surface area contributed by atoms with Crippen LogP contribution < -0.4 is 15.0 Å². The van der Waals surface area contributed by atoms with E-state index in [0.29, 0.717) is 12.5 Å². The van der Waals surface area contributed by atoms with Crippen LogP contribution in [0.25, 0.3) is 0 Å². The lowest BCUT2D eigenvalue weighted by atomic mass is 10.0. The maximum atomic E-state index is 11.6. The molecule has 1 aromatic rings. The molecule has 1 aromatic carbocycles. The average molecular weight is 334 g/mol. The zero-order chi connectivity index (χ0) is 17.6. The fourth-order valence-electron chi connectivity index (χ4n) is 2.99. The summed E-state index contributed by atoms with van der Waals surface area (Å²) in [6.45, 7) is 8.47. The molecule has 5 heteroatoms. The molecule has 0 aliphatic carbocycles. The third-order valence-electron chi connectivity index (χ3n) is 4.18. The fraction of sp³-hybridized carbons (Fsp3) is 0.632. The van der Waals surface area contributed by atoms with Crippen LogP contribution in [0.2, 0.25) is 0 Å². The van der Waals surface area contributed by atoms with Gasteiger partial charge in [-0.1, -0.05) is 0 Å². The van der Waals surface area contributed by atoms with Crippen LogP contribution in [-0.4, -0.2) is 38.4 Å². The molecule has 2 rings (SSSR count). The third kappa shape index (κ3) is 5.95. The van der Waals surface area contributed by atoms with E-state index in [1.54, 1.807) is 7.11 Å². The zero-order valence-corrected chi connectivity index (χ0v) is 15.3. The molecule has 5 nitrogen and oxygen atoms in total. The molecular weight excluding hydrogens is 304 g/mol. The second kappa shape index (κ2) is 8.27. The molecule has 1 N–H and O–H groups in total. The molecule has 0 saturated carbocycles.